The van der Waals surface area contributed by atoms with Crippen LogP contribution in [0.25, 0.3) is 0 Å². The predicted molar refractivity (Wildman–Crippen MR) is 104 cm³/mol. The molecule has 2 amide bonds. The Hall–Kier alpha value is -2.15. The van der Waals surface area contributed by atoms with E-state index in [9.17, 15) is 14.0 Å². The van der Waals surface area contributed by atoms with Crippen molar-refractivity contribution in [1.82, 2.24) is 14.7 Å². The first-order valence-corrected chi connectivity index (χ1v) is 9.90. The van der Waals surface area contributed by atoms with E-state index in [4.69, 9.17) is 4.74 Å². The molecule has 0 bridgehead atoms. The summed E-state index contributed by atoms with van der Waals surface area (Å²) < 4.78 is 18.7. The molecular weight excluding hydrogens is 361 g/mol. The van der Waals surface area contributed by atoms with Gasteiger partial charge in [-0.25, -0.2) is 9.18 Å². The summed E-state index contributed by atoms with van der Waals surface area (Å²) in [6, 6.07) is 5.98. The molecule has 2 saturated heterocycles. The molecule has 1 aromatic carbocycles. The van der Waals surface area contributed by atoms with Crippen LogP contribution in [0.1, 0.15) is 45.2 Å². The molecule has 3 rings (SSSR count). The van der Waals surface area contributed by atoms with Gasteiger partial charge in [-0.3, -0.25) is 14.6 Å². The summed E-state index contributed by atoms with van der Waals surface area (Å²) in [5, 5.41) is 0. The molecule has 0 aliphatic carbocycles. The number of rotatable bonds is 2. The number of likely N-dealkylation sites (tertiary alicyclic amines) is 1. The van der Waals surface area contributed by atoms with E-state index < -0.39 is 17.7 Å². The van der Waals surface area contributed by atoms with Crippen molar-refractivity contribution in [2.45, 2.75) is 51.3 Å². The van der Waals surface area contributed by atoms with Crippen molar-refractivity contribution in [3.8, 4) is 0 Å². The van der Waals surface area contributed by atoms with Crippen molar-refractivity contribution in [1.29, 1.82) is 0 Å². The highest BCUT2D eigenvalue weighted by Gasteiger charge is 2.40. The first-order chi connectivity index (χ1) is 13.2. The maximum absolute atomic E-state index is 13.3. The second-order valence-corrected chi connectivity index (χ2v) is 8.66. The molecule has 2 unspecified atom stereocenters. The van der Waals surface area contributed by atoms with Crippen LogP contribution >= 0.6 is 0 Å². The van der Waals surface area contributed by atoms with Gasteiger partial charge in [0.25, 0.3) is 0 Å². The summed E-state index contributed by atoms with van der Waals surface area (Å²) in [7, 11) is 2.01. The molecule has 154 valence electrons. The molecule has 0 aromatic heterocycles. The number of piperazine rings is 1. The highest BCUT2D eigenvalue weighted by Crippen LogP contribution is 2.27. The second kappa shape index (κ2) is 8.07. The minimum absolute atomic E-state index is 0.00896. The number of carbonyl (C=O) groups is 2. The predicted octanol–water partition coefficient (Wildman–Crippen LogP) is 3.04. The number of carbonyl (C=O) groups excluding carboxylic acids is 2. The standard InChI is InChI=1S/C21H30FN3O3/c1-21(2,3)28-20(27)25-11-5-6-17(25)19(26)24-13-12-23(4)18(14-24)15-7-9-16(22)10-8-15/h7-10,17-18H,5-6,11-14H2,1-4H3. The van der Waals surface area contributed by atoms with E-state index in [1.165, 1.54) is 12.1 Å². The van der Waals surface area contributed by atoms with Crippen LogP contribution in [-0.4, -0.2) is 71.6 Å². The Bertz CT molecular complexity index is 717. The molecule has 28 heavy (non-hydrogen) atoms. The zero-order valence-electron chi connectivity index (χ0n) is 17.2. The van der Waals surface area contributed by atoms with Crippen LogP contribution in [-0.2, 0) is 9.53 Å². The van der Waals surface area contributed by atoms with Gasteiger partial charge in [0.1, 0.15) is 17.5 Å². The number of amides is 2. The highest BCUT2D eigenvalue weighted by molar-refractivity contribution is 5.86. The Morgan fingerprint density at radius 1 is 1.11 bits per heavy atom. The molecule has 0 radical (unpaired) electrons. The molecule has 2 atom stereocenters. The molecule has 6 nitrogen and oxygen atoms in total. The maximum atomic E-state index is 13.3. The Morgan fingerprint density at radius 3 is 2.43 bits per heavy atom. The lowest BCUT2D eigenvalue weighted by molar-refractivity contribution is -0.138. The normalized spacial score (nSPS) is 23.8. The molecule has 0 N–H and O–H groups in total. The Kier molecular flexibility index (Phi) is 5.93. The van der Waals surface area contributed by atoms with Gasteiger partial charge in [0, 0.05) is 26.2 Å². The van der Waals surface area contributed by atoms with E-state index in [2.05, 4.69) is 4.90 Å². The van der Waals surface area contributed by atoms with Gasteiger partial charge >= 0.3 is 6.09 Å². The molecule has 1 aromatic rings. The molecule has 0 spiro atoms. The quantitative estimate of drug-likeness (QED) is 0.778. The number of halogens is 1. The molecule has 2 heterocycles. The fourth-order valence-electron chi connectivity index (χ4n) is 3.89. The van der Waals surface area contributed by atoms with Gasteiger partial charge in [-0.2, -0.15) is 0 Å². The molecule has 0 saturated carbocycles. The Balaban J connectivity index is 1.70. The largest absolute Gasteiger partial charge is 0.444 e. The van der Waals surface area contributed by atoms with Gasteiger partial charge in [-0.1, -0.05) is 12.1 Å². The molecule has 2 aliphatic rings. The third kappa shape index (κ3) is 4.63. The summed E-state index contributed by atoms with van der Waals surface area (Å²) in [4.78, 5) is 31.3. The van der Waals surface area contributed by atoms with Gasteiger partial charge in [0.2, 0.25) is 5.91 Å². The maximum Gasteiger partial charge on any atom is 0.410 e. The lowest BCUT2D eigenvalue weighted by atomic mass is 10.0. The first-order valence-electron chi connectivity index (χ1n) is 9.90. The van der Waals surface area contributed by atoms with E-state index >= 15 is 0 Å². The molecule has 2 fully saturated rings. The monoisotopic (exact) mass is 391 g/mol. The number of ether oxygens (including phenoxy) is 1. The van der Waals surface area contributed by atoms with E-state index in [0.717, 1.165) is 18.5 Å². The van der Waals surface area contributed by atoms with Crippen LogP contribution in [0, 0.1) is 5.82 Å². The Morgan fingerprint density at radius 2 is 1.79 bits per heavy atom. The van der Waals surface area contributed by atoms with Crippen molar-refractivity contribution in [3.05, 3.63) is 35.6 Å². The molecule has 2 aliphatic heterocycles. The van der Waals surface area contributed by atoms with Crippen molar-refractivity contribution in [3.63, 3.8) is 0 Å². The topological polar surface area (TPSA) is 53.1 Å². The van der Waals surface area contributed by atoms with Gasteiger partial charge in [0.05, 0.1) is 6.04 Å². The lowest BCUT2D eigenvalue weighted by Gasteiger charge is -2.41. The lowest BCUT2D eigenvalue weighted by Crippen LogP contribution is -2.55. The van der Waals surface area contributed by atoms with Gasteiger partial charge in [0.15, 0.2) is 0 Å². The average Bonchev–Trinajstić information content (AvgIpc) is 3.11. The van der Waals surface area contributed by atoms with Crippen molar-refractivity contribution >= 4 is 12.0 Å². The number of benzene rings is 1. The Labute approximate surface area is 166 Å². The minimum atomic E-state index is -0.589. The van der Waals surface area contributed by atoms with Gasteiger partial charge in [-0.15, -0.1) is 0 Å². The summed E-state index contributed by atoms with van der Waals surface area (Å²) in [6.07, 6.45) is 1.03. The summed E-state index contributed by atoms with van der Waals surface area (Å²) in [6.45, 7) is 7.89. The number of hydrogen-bond donors (Lipinski definition) is 0. The van der Waals surface area contributed by atoms with Gasteiger partial charge < -0.3 is 9.64 Å². The summed E-state index contributed by atoms with van der Waals surface area (Å²) in [5.41, 5.74) is 0.395. The third-order valence-electron chi connectivity index (χ3n) is 5.38. The van der Waals surface area contributed by atoms with Crippen LogP contribution < -0.4 is 0 Å². The smallest absolute Gasteiger partial charge is 0.410 e. The van der Waals surface area contributed by atoms with Crippen molar-refractivity contribution < 1.29 is 18.7 Å². The van der Waals surface area contributed by atoms with Crippen LogP contribution in [0.15, 0.2) is 24.3 Å². The fraction of sp³-hybridized carbons (Fsp3) is 0.619. The first kappa shape index (κ1) is 20.6. The van der Waals surface area contributed by atoms with E-state index in [0.29, 0.717) is 26.1 Å². The SMILES string of the molecule is CN1CCN(C(=O)C2CCCN2C(=O)OC(C)(C)C)CC1c1ccc(F)cc1. The molecule has 7 heteroatoms. The minimum Gasteiger partial charge on any atom is -0.444 e. The van der Waals surface area contributed by atoms with Crippen LogP contribution in [0.5, 0.6) is 0 Å². The van der Waals surface area contributed by atoms with Crippen LogP contribution in [0.3, 0.4) is 0 Å². The summed E-state index contributed by atoms with van der Waals surface area (Å²) >= 11 is 0. The van der Waals surface area contributed by atoms with Gasteiger partial charge in [-0.05, 0) is 58.4 Å². The molecular formula is C21H30FN3O3. The number of hydrogen-bond acceptors (Lipinski definition) is 4. The fourth-order valence-corrected chi connectivity index (χ4v) is 3.89. The van der Waals surface area contributed by atoms with Crippen LogP contribution in [0.2, 0.25) is 0 Å². The van der Waals surface area contributed by atoms with E-state index in [1.54, 1.807) is 17.0 Å². The van der Waals surface area contributed by atoms with E-state index in [-0.39, 0.29) is 17.8 Å². The zero-order valence-corrected chi connectivity index (χ0v) is 17.2. The average molecular weight is 391 g/mol. The van der Waals surface area contributed by atoms with Crippen molar-refractivity contribution in [2.75, 3.05) is 33.2 Å². The highest BCUT2D eigenvalue weighted by atomic mass is 19.1. The zero-order chi connectivity index (χ0) is 20.5. The summed E-state index contributed by atoms with van der Waals surface area (Å²) in [5.74, 6) is -0.294. The van der Waals surface area contributed by atoms with E-state index in [1.807, 2.05) is 32.7 Å². The third-order valence-corrected chi connectivity index (χ3v) is 5.38. The second-order valence-electron chi connectivity index (χ2n) is 8.66. The number of nitrogens with zero attached hydrogens (tertiary/aromatic N) is 3. The van der Waals surface area contributed by atoms with Crippen molar-refractivity contribution in [2.24, 2.45) is 0 Å². The van der Waals surface area contributed by atoms with Crippen LogP contribution in [0.4, 0.5) is 9.18 Å². The number of likely N-dealkylation sites (N-methyl/N-ethyl adjacent to an activating group) is 1.